The highest BCUT2D eigenvalue weighted by atomic mass is 16.6. The number of Topliss-reactive ketones (excluding diaryl/α,β-unsaturated/α-hetero) is 2. The first-order valence-electron chi connectivity index (χ1n) is 14.4. The minimum atomic E-state index is -0.547. The number of likely N-dealkylation sites (tertiary alicyclic amines) is 1. The SMILES string of the molecule is CC(=N)c1ccc(CCC(=O)[C@@H]2CCN2)cc1.CC(=N)c1ccc(CCC(=O)[C@@H]2CCN2C(=O)OC(C)(C)C)cc1. The van der Waals surface area contributed by atoms with Crippen LogP contribution >= 0.6 is 0 Å². The molecule has 2 atom stereocenters. The molecule has 220 valence electrons. The molecule has 2 aliphatic rings. The fourth-order valence-corrected chi connectivity index (χ4v) is 4.54. The van der Waals surface area contributed by atoms with Crippen LogP contribution in [0.1, 0.15) is 82.6 Å². The van der Waals surface area contributed by atoms with Gasteiger partial charge in [0.05, 0.1) is 12.1 Å². The number of rotatable bonds is 10. The summed E-state index contributed by atoms with van der Waals surface area (Å²) in [5.74, 6) is 0.406. The Balaban J connectivity index is 0.000000239. The fraction of sp³-hybridized carbons (Fsp3) is 0.485. The third-order valence-corrected chi connectivity index (χ3v) is 7.33. The highest BCUT2D eigenvalue weighted by molar-refractivity contribution is 5.96. The molecular formula is C33H44N4O4. The van der Waals surface area contributed by atoms with Gasteiger partial charge in [0.15, 0.2) is 5.78 Å². The molecule has 2 aliphatic heterocycles. The maximum atomic E-state index is 12.4. The van der Waals surface area contributed by atoms with Crippen LogP contribution in [0.4, 0.5) is 4.79 Å². The van der Waals surface area contributed by atoms with Crippen molar-refractivity contribution in [3.63, 3.8) is 0 Å². The van der Waals surface area contributed by atoms with E-state index in [4.69, 9.17) is 15.6 Å². The van der Waals surface area contributed by atoms with Crippen LogP contribution < -0.4 is 5.32 Å². The standard InChI is InChI=1S/C19H26N2O3.C14H18N2O/c1-13(20)15-8-5-14(6-9-15)7-10-17(22)16-11-12-21(16)18(23)24-19(2,3)4;1-10(15)12-5-2-11(3-6-12)4-7-14(17)13-8-9-16-13/h5-6,8-9,16,20H,7,10-12H2,1-4H3;2-3,5-6,13,15-16H,4,7-9H2,1H3/t16-;13-/m00/s1. The van der Waals surface area contributed by atoms with E-state index in [0.717, 1.165) is 36.1 Å². The number of amides is 1. The molecule has 1 amide bonds. The highest BCUT2D eigenvalue weighted by Crippen LogP contribution is 2.23. The molecular weight excluding hydrogens is 516 g/mol. The molecule has 0 bridgehead atoms. The van der Waals surface area contributed by atoms with E-state index in [2.05, 4.69) is 5.32 Å². The van der Waals surface area contributed by atoms with Crippen LogP contribution in [0.15, 0.2) is 48.5 Å². The monoisotopic (exact) mass is 560 g/mol. The number of nitrogens with zero attached hydrogens (tertiary/aromatic N) is 1. The summed E-state index contributed by atoms with van der Waals surface area (Å²) in [6, 6.07) is 15.4. The third-order valence-electron chi connectivity index (χ3n) is 7.33. The summed E-state index contributed by atoms with van der Waals surface area (Å²) in [6.07, 6.45) is 3.77. The van der Waals surface area contributed by atoms with Crippen molar-refractivity contribution in [2.24, 2.45) is 0 Å². The summed E-state index contributed by atoms with van der Waals surface area (Å²) >= 11 is 0. The smallest absolute Gasteiger partial charge is 0.410 e. The topological polar surface area (TPSA) is 123 Å². The zero-order valence-corrected chi connectivity index (χ0v) is 25.0. The van der Waals surface area contributed by atoms with Gasteiger partial charge in [-0.25, -0.2) is 4.79 Å². The second-order valence-corrected chi connectivity index (χ2v) is 11.9. The number of benzene rings is 2. The van der Waals surface area contributed by atoms with E-state index in [1.807, 2.05) is 69.3 Å². The second kappa shape index (κ2) is 14.3. The summed E-state index contributed by atoms with van der Waals surface area (Å²) in [5.41, 5.74) is 4.63. The maximum absolute atomic E-state index is 12.4. The van der Waals surface area contributed by atoms with Crippen molar-refractivity contribution in [1.29, 1.82) is 10.8 Å². The molecule has 2 saturated heterocycles. The maximum Gasteiger partial charge on any atom is 0.410 e. The van der Waals surface area contributed by atoms with Gasteiger partial charge >= 0.3 is 6.09 Å². The number of aryl methyl sites for hydroxylation is 2. The Kier molecular flexibility index (Phi) is 11.1. The first-order chi connectivity index (χ1) is 19.3. The molecule has 0 aliphatic carbocycles. The van der Waals surface area contributed by atoms with E-state index >= 15 is 0 Å². The van der Waals surface area contributed by atoms with Gasteiger partial charge in [-0.1, -0.05) is 48.5 Å². The quantitative estimate of drug-likeness (QED) is 0.330. The van der Waals surface area contributed by atoms with Crippen molar-refractivity contribution in [2.75, 3.05) is 13.1 Å². The minimum Gasteiger partial charge on any atom is -0.444 e. The van der Waals surface area contributed by atoms with Crippen LogP contribution in [-0.4, -0.2) is 64.8 Å². The molecule has 2 heterocycles. The minimum absolute atomic E-state index is 0.0828. The Labute approximate surface area is 243 Å². The van der Waals surface area contributed by atoms with Crippen LogP contribution in [0.2, 0.25) is 0 Å². The number of carbonyl (C=O) groups excluding carboxylic acids is 3. The Morgan fingerprint density at radius 3 is 1.63 bits per heavy atom. The molecule has 4 rings (SSSR count). The van der Waals surface area contributed by atoms with Crippen molar-refractivity contribution in [2.45, 2.75) is 90.8 Å². The van der Waals surface area contributed by atoms with Gasteiger partial charge in [0.25, 0.3) is 0 Å². The number of carbonyl (C=O) groups is 3. The number of ether oxygens (including phenoxy) is 1. The van der Waals surface area contributed by atoms with Crippen molar-refractivity contribution in [3.05, 3.63) is 70.8 Å². The average molecular weight is 561 g/mol. The highest BCUT2D eigenvalue weighted by Gasteiger charge is 2.39. The Morgan fingerprint density at radius 1 is 0.829 bits per heavy atom. The largest absolute Gasteiger partial charge is 0.444 e. The van der Waals surface area contributed by atoms with E-state index in [0.29, 0.717) is 49.4 Å². The lowest BCUT2D eigenvalue weighted by molar-refractivity contribution is -0.128. The van der Waals surface area contributed by atoms with E-state index in [1.165, 1.54) is 10.5 Å². The zero-order valence-electron chi connectivity index (χ0n) is 25.0. The molecule has 0 radical (unpaired) electrons. The molecule has 8 heteroatoms. The molecule has 0 unspecified atom stereocenters. The van der Waals surface area contributed by atoms with Crippen molar-refractivity contribution < 1.29 is 19.1 Å². The van der Waals surface area contributed by atoms with E-state index in [1.54, 1.807) is 13.8 Å². The molecule has 0 aromatic heterocycles. The molecule has 3 N–H and O–H groups in total. The van der Waals surface area contributed by atoms with Crippen molar-refractivity contribution in [1.82, 2.24) is 10.2 Å². The van der Waals surface area contributed by atoms with E-state index < -0.39 is 11.7 Å². The van der Waals surface area contributed by atoms with Crippen LogP contribution in [0.5, 0.6) is 0 Å². The third kappa shape index (κ3) is 9.74. The summed E-state index contributed by atoms with van der Waals surface area (Å²) in [4.78, 5) is 37.6. The molecule has 41 heavy (non-hydrogen) atoms. The van der Waals surface area contributed by atoms with Gasteiger partial charge in [-0.15, -0.1) is 0 Å². The van der Waals surface area contributed by atoms with E-state index in [-0.39, 0.29) is 17.9 Å². The fourth-order valence-electron chi connectivity index (χ4n) is 4.54. The number of hydrogen-bond donors (Lipinski definition) is 3. The summed E-state index contributed by atoms with van der Waals surface area (Å²) in [6.45, 7) is 10.5. The second-order valence-electron chi connectivity index (χ2n) is 11.9. The van der Waals surface area contributed by atoms with E-state index in [9.17, 15) is 14.4 Å². The van der Waals surface area contributed by atoms with Gasteiger partial charge in [0.2, 0.25) is 0 Å². The van der Waals surface area contributed by atoms with Crippen LogP contribution in [-0.2, 0) is 27.2 Å². The molecule has 2 aromatic rings. The summed E-state index contributed by atoms with van der Waals surface area (Å²) in [5, 5.41) is 18.2. The first kappa shape index (κ1) is 31.9. The molecule has 2 fully saturated rings. The predicted octanol–water partition coefficient (Wildman–Crippen LogP) is 5.52. The van der Waals surface area contributed by atoms with Gasteiger partial charge < -0.3 is 20.9 Å². The average Bonchev–Trinajstić information content (AvgIpc) is 2.84. The zero-order chi connectivity index (χ0) is 30.2. The van der Waals surface area contributed by atoms with Crippen LogP contribution in [0, 0.1) is 10.8 Å². The van der Waals surface area contributed by atoms with Crippen molar-refractivity contribution >= 4 is 29.1 Å². The molecule has 0 spiro atoms. The van der Waals surface area contributed by atoms with Gasteiger partial charge in [-0.05, 0) is 89.1 Å². The number of ketones is 2. The molecule has 0 saturated carbocycles. The predicted molar refractivity (Wildman–Crippen MR) is 162 cm³/mol. The summed E-state index contributed by atoms with van der Waals surface area (Å²) < 4.78 is 5.34. The van der Waals surface area contributed by atoms with Crippen LogP contribution in [0.25, 0.3) is 0 Å². The lowest BCUT2D eigenvalue weighted by atomic mass is 9.94. The number of nitrogens with one attached hydrogen (secondary N) is 3. The normalized spacial score (nSPS) is 17.7. The van der Waals surface area contributed by atoms with Crippen LogP contribution in [0.3, 0.4) is 0 Å². The lowest BCUT2D eigenvalue weighted by Crippen LogP contribution is -2.56. The van der Waals surface area contributed by atoms with Gasteiger partial charge in [0, 0.05) is 30.8 Å². The Hall–Kier alpha value is -3.65. The van der Waals surface area contributed by atoms with Gasteiger partial charge in [-0.3, -0.25) is 14.5 Å². The molecule has 8 nitrogen and oxygen atoms in total. The van der Waals surface area contributed by atoms with Crippen molar-refractivity contribution in [3.8, 4) is 0 Å². The lowest BCUT2D eigenvalue weighted by Gasteiger charge is -2.40. The van der Waals surface area contributed by atoms with Gasteiger partial charge in [0.1, 0.15) is 11.4 Å². The Bertz CT molecular complexity index is 1240. The molecule has 2 aromatic carbocycles. The summed E-state index contributed by atoms with van der Waals surface area (Å²) in [7, 11) is 0. The number of hydrogen-bond acceptors (Lipinski definition) is 7. The first-order valence-corrected chi connectivity index (χ1v) is 14.4. The Morgan fingerprint density at radius 2 is 1.29 bits per heavy atom. The van der Waals surface area contributed by atoms with Gasteiger partial charge in [-0.2, -0.15) is 0 Å².